The van der Waals surface area contributed by atoms with Crippen LogP contribution < -0.4 is 19.1 Å². The van der Waals surface area contributed by atoms with Crippen LogP contribution in [-0.2, 0) is 22.9 Å². The molecule has 0 radical (unpaired) electrons. The van der Waals surface area contributed by atoms with Crippen LogP contribution in [0.15, 0.2) is 35.2 Å². The zero-order valence-corrected chi connectivity index (χ0v) is 15.0. The monoisotopic (exact) mass is 360 g/mol. The largest absolute Gasteiger partial charge is 0.493 e. The van der Waals surface area contributed by atoms with Crippen molar-refractivity contribution in [3.05, 3.63) is 41.5 Å². The topological polar surface area (TPSA) is 67.9 Å². The van der Waals surface area contributed by atoms with E-state index in [4.69, 9.17) is 9.47 Å². The number of fused-ring (bicyclic) bond motifs is 2. The van der Waals surface area contributed by atoms with Crippen LogP contribution in [0, 0.1) is 0 Å². The lowest BCUT2D eigenvalue weighted by molar-refractivity contribution is 0.348. The van der Waals surface area contributed by atoms with Crippen LogP contribution in [0.3, 0.4) is 0 Å². The molecule has 0 aliphatic carbocycles. The summed E-state index contributed by atoms with van der Waals surface area (Å²) in [6.45, 7) is 0.997. The zero-order valence-electron chi connectivity index (χ0n) is 14.2. The smallest absolute Gasteiger partial charge is 0.266 e. The number of rotatable bonds is 4. The number of hydrogen-bond acceptors (Lipinski definition) is 5. The fourth-order valence-electron chi connectivity index (χ4n) is 3.26. The molecule has 0 saturated carbocycles. The van der Waals surface area contributed by atoms with Gasteiger partial charge in [-0.3, -0.25) is 4.72 Å². The van der Waals surface area contributed by atoms with E-state index in [1.165, 1.54) is 0 Å². The predicted molar refractivity (Wildman–Crippen MR) is 96.4 cm³/mol. The third kappa shape index (κ3) is 2.78. The average molecular weight is 360 g/mol. The van der Waals surface area contributed by atoms with Gasteiger partial charge in [-0.1, -0.05) is 0 Å². The van der Waals surface area contributed by atoms with Crippen LogP contribution in [0.25, 0.3) is 0 Å². The van der Waals surface area contributed by atoms with Crippen LogP contribution in [-0.4, -0.2) is 35.7 Å². The van der Waals surface area contributed by atoms with E-state index in [1.54, 1.807) is 12.1 Å². The van der Waals surface area contributed by atoms with Gasteiger partial charge in [-0.05, 0) is 30.3 Å². The van der Waals surface area contributed by atoms with Crippen molar-refractivity contribution in [2.75, 3.05) is 36.9 Å². The molecule has 1 N–H and O–H groups in total. The lowest BCUT2D eigenvalue weighted by atomic mass is 10.1. The van der Waals surface area contributed by atoms with E-state index in [-0.39, 0.29) is 4.90 Å². The van der Waals surface area contributed by atoms with E-state index in [1.807, 2.05) is 37.2 Å². The van der Waals surface area contributed by atoms with Gasteiger partial charge in [0.25, 0.3) is 10.0 Å². The maximum absolute atomic E-state index is 13.1. The van der Waals surface area contributed by atoms with Gasteiger partial charge < -0.3 is 14.4 Å². The van der Waals surface area contributed by atoms with Crippen LogP contribution in [0.5, 0.6) is 11.5 Å². The SMILES string of the molecule is CN(C)c1ccc(NS(=O)(=O)c2c3c(cc4c2OCC4)OCC3)cc1. The van der Waals surface area contributed by atoms with Gasteiger partial charge in [0.05, 0.1) is 13.2 Å². The molecule has 2 aromatic carbocycles. The second-order valence-corrected chi connectivity index (χ2v) is 8.03. The lowest BCUT2D eigenvalue weighted by Crippen LogP contribution is -2.16. The third-order valence-corrected chi connectivity index (χ3v) is 5.98. The van der Waals surface area contributed by atoms with E-state index in [2.05, 4.69) is 4.72 Å². The Labute approximate surface area is 147 Å². The number of ether oxygens (including phenoxy) is 2. The Hall–Kier alpha value is -2.41. The zero-order chi connectivity index (χ0) is 17.6. The average Bonchev–Trinajstić information content (AvgIpc) is 3.20. The van der Waals surface area contributed by atoms with Crippen molar-refractivity contribution in [3.8, 4) is 11.5 Å². The Balaban J connectivity index is 1.74. The molecule has 2 heterocycles. The molecule has 0 spiro atoms. The quantitative estimate of drug-likeness (QED) is 0.907. The Morgan fingerprint density at radius 3 is 2.48 bits per heavy atom. The fourth-order valence-corrected chi connectivity index (χ4v) is 4.77. The van der Waals surface area contributed by atoms with Crippen molar-refractivity contribution >= 4 is 21.4 Å². The first-order valence-corrected chi connectivity index (χ1v) is 9.68. The first kappa shape index (κ1) is 16.1. The van der Waals surface area contributed by atoms with Gasteiger partial charge in [-0.25, -0.2) is 8.42 Å². The van der Waals surface area contributed by atoms with Gasteiger partial charge in [-0.15, -0.1) is 0 Å². The van der Waals surface area contributed by atoms with Crippen LogP contribution in [0.4, 0.5) is 11.4 Å². The molecular formula is C18H20N2O4S. The summed E-state index contributed by atoms with van der Waals surface area (Å²) in [6.07, 6.45) is 1.27. The highest BCUT2D eigenvalue weighted by Gasteiger charge is 2.33. The molecule has 0 fully saturated rings. The molecule has 2 aromatic rings. The molecule has 0 bridgehead atoms. The molecular weight excluding hydrogens is 340 g/mol. The van der Waals surface area contributed by atoms with Gasteiger partial charge in [0.1, 0.15) is 16.4 Å². The minimum atomic E-state index is -3.77. The summed E-state index contributed by atoms with van der Waals surface area (Å²) in [6, 6.07) is 9.17. The second-order valence-electron chi connectivity index (χ2n) is 6.41. The van der Waals surface area contributed by atoms with Gasteiger partial charge in [-0.2, -0.15) is 0 Å². The molecule has 25 heavy (non-hydrogen) atoms. The minimum absolute atomic E-state index is 0.228. The Morgan fingerprint density at radius 2 is 1.76 bits per heavy atom. The predicted octanol–water partition coefficient (Wildman–Crippen LogP) is 2.42. The molecule has 0 aromatic heterocycles. The van der Waals surface area contributed by atoms with E-state index >= 15 is 0 Å². The molecule has 0 atom stereocenters. The molecule has 0 saturated heterocycles. The normalized spacial score (nSPS) is 15.1. The fraction of sp³-hybridized carbons (Fsp3) is 0.333. The summed E-state index contributed by atoms with van der Waals surface area (Å²) in [5, 5.41) is 0. The minimum Gasteiger partial charge on any atom is -0.493 e. The third-order valence-electron chi connectivity index (χ3n) is 4.51. The molecule has 4 rings (SSSR count). The highest BCUT2D eigenvalue weighted by molar-refractivity contribution is 7.92. The van der Waals surface area contributed by atoms with Crippen molar-refractivity contribution in [3.63, 3.8) is 0 Å². The van der Waals surface area contributed by atoms with Crippen molar-refractivity contribution in [1.82, 2.24) is 0 Å². The molecule has 132 valence electrons. The van der Waals surface area contributed by atoms with Crippen molar-refractivity contribution in [2.24, 2.45) is 0 Å². The number of sulfonamides is 1. The second kappa shape index (κ2) is 5.84. The summed E-state index contributed by atoms with van der Waals surface area (Å²) < 4.78 is 40.1. The van der Waals surface area contributed by atoms with E-state index < -0.39 is 10.0 Å². The van der Waals surface area contributed by atoms with Crippen molar-refractivity contribution in [2.45, 2.75) is 17.7 Å². The highest BCUT2D eigenvalue weighted by Crippen LogP contribution is 2.43. The van der Waals surface area contributed by atoms with E-state index in [0.717, 1.165) is 11.3 Å². The van der Waals surface area contributed by atoms with Crippen molar-refractivity contribution in [1.29, 1.82) is 0 Å². The highest BCUT2D eigenvalue weighted by atomic mass is 32.2. The first-order chi connectivity index (χ1) is 12.0. The number of nitrogens with one attached hydrogen (secondary N) is 1. The number of anilines is 2. The van der Waals surface area contributed by atoms with Crippen LogP contribution in [0.1, 0.15) is 11.1 Å². The molecule has 6 nitrogen and oxygen atoms in total. The Morgan fingerprint density at radius 1 is 1.04 bits per heavy atom. The summed E-state index contributed by atoms with van der Waals surface area (Å²) >= 11 is 0. The lowest BCUT2D eigenvalue weighted by Gasteiger charge is -2.16. The molecule has 2 aliphatic rings. The van der Waals surface area contributed by atoms with E-state index in [9.17, 15) is 8.42 Å². The molecule has 0 unspecified atom stereocenters. The summed E-state index contributed by atoms with van der Waals surface area (Å²) in [5.74, 6) is 1.13. The van der Waals surface area contributed by atoms with Gasteiger partial charge in [0.15, 0.2) is 0 Å². The van der Waals surface area contributed by atoms with Crippen LogP contribution in [0.2, 0.25) is 0 Å². The molecule has 7 heteroatoms. The Bertz CT molecular complexity index is 889. The number of benzene rings is 2. The maximum Gasteiger partial charge on any atom is 0.266 e. The summed E-state index contributed by atoms with van der Waals surface area (Å²) in [4.78, 5) is 2.19. The number of hydrogen-bond donors (Lipinski definition) is 1. The number of nitrogens with zero attached hydrogens (tertiary/aromatic N) is 1. The summed E-state index contributed by atoms with van der Waals surface area (Å²) in [5.41, 5.74) is 3.12. The standard InChI is InChI=1S/C18H20N2O4S/c1-20(2)14-5-3-13(4-6-14)19-25(21,22)18-15-8-10-23-16(15)11-12-7-9-24-17(12)18/h3-6,11,19H,7-10H2,1-2H3. The summed E-state index contributed by atoms with van der Waals surface area (Å²) in [7, 11) is 0.110. The van der Waals surface area contributed by atoms with Gasteiger partial charge in [0, 0.05) is 49.4 Å². The van der Waals surface area contributed by atoms with Crippen molar-refractivity contribution < 1.29 is 17.9 Å². The molecule has 0 amide bonds. The first-order valence-electron chi connectivity index (χ1n) is 8.20. The van der Waals surface area contributed by atoms with Crippen LogP contribution >= 0.6 is 0 Å². The Kier molecular flexibility index (Phi) is 3.76. The van der Waals surface area contributed by atoms with Gasteiger partial charge in [0.2, 0.25) is 0 Å². The van der Waals surface area contributed by atoms with E-state index in [0.29, 0.717) is 48.8 Å². The maximum atomic E-state index is 13.1. The molecule has 2 aliphatic heterocycles. The van der Waals surface area contributed by atoms with Gasteiger partial charge >= 0.3 is 0 Å².